The predicted molar refractivity (Wildman–Crippen MR) is 47.8 cm³/mol. The summed E-state index contributed by atoms with van der Waals surface area (Å²) in [6.45, 7) is -0.0414. The number of nitrogens with zero attached hydrogens (tertiary/aromatic N) is 2. The molecule has 0 atom stereocenters. The number of rotatable bonds is 3. The van der Waals surface area contributed by atoms with Crippen molar-refractivity contribution in [1.82, 2.24) is 4.98 Å². The molecule has 0 saturated carbocycles. The van der Waals surface area contributed by atoms with E-state index in [2.05, 4.69) is 15.7 Å². The molecular formula is C9H8N2O2. The van der Waals surface area contributed by atoms with Gasteiger partial charge in [-0.1, -0.05) is 5.92 Å². The lowest BCUT2D eigenvalue weighted by molar-refractivity contribution is -0.734. The van der Waals surface area contributed by atoms with E-state index in [1.54, 1.807) is 24.5 Å². The Balaban J connectivity index is 2.61. The molecule has 1 aromatic rings. The van der Waals surface area contributed by atoms with Crippen LogP contribution in [0.5, 0.6) is 0 Å². The van der Waals surface area contributed by atoms with Crippen LogP contribution in [0.15, 0.2) is 24.5 Å². The van der Waals surface area contributed by atoms with E-state index in [9.17, 15) is 5.21 Å². The van der Waals surface area contributed by atoms with Crippen molar-refractivity contribution in [2.75, 3.05) is 6.61 Å². The minimum absolute atomic E-state index is 0.0414. The van der Waals surface area contributed by atoms with Gasteiger partial charge in [0.2, 0.25) is 6.21 Å². The van der Waals surface area contributed by atoms with Gasteiger partial charge in [0.15, 0.2) is 0 Å². The molecule has 0 radical (unpaired) electrons. The first-order valence-corrected chi connectivity index (χ1v) is 3.60. The lowest BCUT2D eigenvalue weighted by Gasteiger charge is -1.98. The molecule has 0 unspecified atom stereocenters. The number of aromatic nitrogens is 1. The van der Waals surface area contributed by atoms with Gasteiger partial charge in [-0.2, -0.15) is 0 Å². The Morgan fingerprint density at radius 2 is 2.62 bits per heavy atom. The van der Waals surface area contributed by atoms with Crippen LogP contribution in [0.2, 0.25) is 0 Å². The fraction of sp³-hybridized carbons (Fsp3) is 0.111. The third-order valence-corrected chi connectivity index (χ3v) is 1.21. The highest BCUT2D eigenvalue weighted by Crippen LogP contribution is 1.90. The van der Waals surface area contributed by atoms with Gasteiger partial charge >= 0.3 is 0 Å². The van der Waals surface area contributed by atoms with Crippen LogP contribution in [-0.2, 0) is 4.84 Å². The molecule has 4 heteroatoms. The molecular weight excluding hydrogens is 168 g/mol. The summed E-state index contributed by atoms with van der Waals surface area (Å²) in [4.78, 5) is 8.70. The highest BCUT2D eigenvalue weighted by Gasteiger charge is 1.94. The van der Waals surface area contributed by atoms with Gasteiger partial charge in [-0.25, -0.2) is 0 Å². The maximum atomic E-state index is 10.9. The van der Waals surface area contributed by atoms with Crippen LogP contribution < -0.4 is 0 Å². The van der Waals surface area contributed by atoms with Crippen molar-refractivity contribution >= 4 is 6.21 Å². The van der Waals surface area contributed by atoms with E-state index in [1.165, 1.54) is 6.21 Å². The van der Waals surface area contributed by atoms with Gasteiger partial charge in [-0.05, 0) is 12.1 Å². The topological polar surface area (TPSA) is 48.2 Å². The molecule has 4 nitrogen and oxygen atoms in total. The second-order valence-electron chi connectivity index (χ2n) is 2.18. The van der Waals surface area contributed by atoms with Crippen LogP contribution in [0.4, 0.5) is 0 Å². The molecule has 0 aliphatic heterocycles. The molecule has 1 aromatic heterocycles. The van der Waals surface area contributed by atoms with Gasteiger partial charge in [-0.15, -0.1) is 6.42 Å². The third-order valence-electron chi connectivity index (χ3n) is 1.21. The monoisotopic (exact) mass is 176 g/mol. The summed E-state index contributed by atoms with van der Waals surface area (Å²) in [6.07, 6.45) is 9.32. The third kappa shape index (κ3) is 3.25. The zero-order valence-corrected chi connectivity index (χ0v) is 6.88. The number of pyridine rings is 1. The molecule has 0 bridgehead atoms. The molecule has 0 aliphatic carbocycles. The molecule has 1 heterocycles. The zero-order chi connectivity index (χ0) is 9.52. The number of terminal acetylenes is 1. The summed E-state index contributed by atoms with van der Waals surface area (Å²) >= 11 is 0. The van der Waals surface area contributed by atoms with Crippen LogP contribution in [-0.4, -0.2) is 22.7 Å². The highest BCUT2D eigenvalue weighted by atomic mass is 16.9. The summed E-state index contributed by atoms with van der Waals surface area (Å²) < 4.78 is 0. The summed E-state index contributed by atoms with van der Waals surface area (Å²) in [6, 6.07) is 3.46. The zero-order valence-electron chi connectivity index (χ0n) is 6.88. The molecule has 0 aliphatic rings. The van der Waals surface area contributed by atoms with E-state index in [-0.39, 0.29) is 6.61 Å². The van der Waals surface area contributed by atoms with Crippen molar-refractivity contribution in [3.8, 4) is 12.3 Å². The Kier molecular flexibility index (Phi) is 3.33. The standard InChI is InChI=1S/C9H8N2O2/c1-2-6-13-11(12)8-9-4-3-5-10-7-9/h1,3-5,7-8H,6H2. The molecule has 1 rings (SSSR count). The van der Waals surface area contributed by atoms with Crippen molar-refractivity contribution in [2.45, 2.75) is 0 Å². The minimum Gasteiger partial charge on any atom is -0.390 e. The summed E-state index contributed by atoms with van der Waals surface area (Å²) in [5, 5.41) is 10.9. The molecule has 0 aromatic carbocycles. The van der Waals surface area contributed by atoms with Crippen molar-refractivity contribution in [1.29, 1.82) is 0 Å². The molecule has 0 spiro atoms. The van der Waals surface area contributed by atoms with Crippen molar-refractivity contribution in [3.05, 3.63) is 35.3 Å². The largest absolute Gasteiger partial charge is 0.390 e. The molecule has 13 heavy (non-hydrogen) atoms. The summed E-state index contributed by atoms with van der Waals surface area (Å²) in [7, 11) is 0. The van der Waals surface area contributed by atoms with Crippen LogP contribution in [0.3, 0.4) is 0 Å². The number of hydrogen-bond donors (Lipinski definition) is 0. The second kappa shape index (κ2) is 4.78. The number of hydrogen-bond acceptors (Lipinski definition) is 3. The van der Waals surface area contributed by atoms with E-state index >= 15 is 0 Å². The molecule has 0 saturated heterocycles. The normalized spacial score (nSPS) is 10.5. The smallest absolute Gasteiger partial charge is 0.241 e. The summed E-state index contributed by atoms with van der Waals surface area (Å²) in [5.41, 5.74) is 0.662. The lowest BCUT2D eigenvalue weighted by Crippen LogP contribution is -2.07. The van der Waals surface area contributed by atoms with E-state index in [0.717, 1.165) is 0 Å². The first kappa shape index (κ1) is 9.07. The van der Waals surface area contributed by atoms with Gasteiger partial charge in [0.25, 0.3) is 0 Å². The minimum atomic E-state index is -0.0414. The second-order valence-corrected chi connectivity index (χ2v) is 2.18. The van der Waals surface area contributed by atoms with Crippen molar-refractivity contribution in [2.24, 2.45) is 0 Å². The van der Waals surface area contributed by atoms with Crippen LogP contribution in [0.25, 0.3) is 0 Å². The van der Waals surface area contributed by atoms with E-state index < -0.39 is 0 Å². The molecule has 0 N–H and O–H groups in total. The molecule has 0 amide bonds. The molecule has 66 valence electrons. The van der Waals surface area contributed by atoms with Gasteiger partial charge < -0.3 is 4.84 Å². The van der Waals surface area contributed by atoms with E-state index in [0.29, 0.717) is 10.5 Å². The van der Waals surface area contributed by atoms with Gasteiger partial charge in [-0.3, -0.25) is 10.2 Å². The predicted octanol–water partition coefficient (Wildman–Crippen LogP) is 0.576. The Hall–Kier alpha value is -2.02. The maximum absolute atomic E-state index is 10.9. The quantitative estimate of drug-likeness (QED) is 0.293. The van der Waals surface area contributed by atoms with Crippen LogP contribution >= 0.6 is 0 Å². The van der Waals surface area contributed by atoms with Gasteiger partial charge in [0.1, 0.15) is 6.61 Å². The van der Waals surface area contributed by atoms with E-state index in [1.807, 2.05) is 0 Å². The average molecular weight is 176 g/mol. The average Bonchev–Trinajstić information content (AvgIpc) is 2.16. The molecule has 0 fully saturated rings. The SMILES string of the molecule is C#CCO[N+]([O-])=Cc1cccnc1. The lowest BCUT2D eigenvalue weighted by atomic mass is 10.3. The van der Waals surface area contributed by atoms with E-state index in [4.69, 9.17) is 6.42 Å². The Labute approximate surface area is 76.0 Å². The first-order valence-electron chi connectivity index (χ1n) is 3.60. The fourth-order valence-corrected chi connectivity index (χ4v) is 0.712. The first-order chi connectivity index (χ1) is 6.33. The van der Waals surface area contributed by atoms with Crippen molar-refractivity contribution in [3.63, 3.8) is 0 Å². The van der Waals surface area contributed by atoms with Crippen LogP contribution in [0.1, 0.15) is 5.56 Å². The van der Waals surface area contributed by atoms with Gasteiger partial charge in [0.05, 0.1) is 5.56 Å². The maximum Gasteiger partial charge on any atom is 0.241 e. The Morgan fingerprint density at radius 3 is 3.23 bits per heavy atom. The summed E-state index contributed by atoms with van der Waals surface area (Å²) in [5.74, 6) is 2.18. The Bertz CT molecular complexity index is 327. The van der Waals surface area contributed by atoms with Gasteiger partial charge in [0, 0.05) is 17.3 Å². The Morgan fingerprint density at radius 1 is 1.77 bits per heavy atom. The fourth-order valence-electron chi connectivity index (χ4n) is 0.712. The van der Waals surface area contributed by atoms with Crippen molar-refractivity contribution < 1.29 is 9.74 Å². The van der Waals surface area contributed by atoms with Crippen LogP contribution in [0, 0.1) is 17.6 Å². The highest BCUT2D eigenvalue weighted by molar-refractivity contribution is 5.74.